The molecule has 1 aliphatic rings. The van der Waals surface area contributed by atoms with Gasteiger partial charge in [0.15, 0.2) is 5.78 Å². The molecule has 0 spiro atoms. The fourth-order valence-electron chi connectivity index (χ4n) is 1.50. The standard InChI is InChI=1S/C12H18N2O6/c1-12(2,3)20-11(18)13-19-7-8(15)6-14-9(16)4-5-10(14)17/h4-7H2,1-3H3,(H,13,18). The van der Waals surface area contributed by atoms with Crippen molar-refractivity contribution >= 4 is 23.7 Å². The van der Waals surface area contributed by atoms with Gasteiger partial charge in [0.05, 0.1) is 6.54 Å². The van der Waals surface area contributed by atoms with Crippen molar-refractivity contribution in [2.45, 2.75) is 39.2 Å². The largest absolute Gasteiger partial charge is 0.442 e. The van der Waals surface area contributed by atoms with Gasteiger partial charge in [-0.15, -0.1) is 0 Å². The van der Waals surface area contributed by atoms with Gasteiger partial charge in [-0.2, -0.15) is 5.48 Å². The number of nitrogens with one attached hydrogen (secondary N) is 1. The normalized spacial score (nSPS) is 15.4. The molecule has 0 atom stereocenters. The fourth-order valence-corrected chi connectivity index (χ4v) is 1.50. The summed E-state index contributed by atoms with van der Waals surface area (Å²) >= 11 is 0. The van der Waals surface area contributed by atoms with Crippen molar-refractivity contribution in [2.24, 2.45) is 0 Å². The molecule has 1 N–H and O–H groups in total. The molecule has 0 aromatic carbocycles. The second kappa shape index (κ2) is 6.47. The highest BCUT2D eigenvalue weighted by atomic mass is 16.7. The topological polar surface area (TPSA) is 102 Å². The van der Waals surface area contributed by atoms with Gasteiger partial charge in [-0.05, 0) is 20.8 Å². The van der Waals surface area contributed by atoms with E-state index in [1.54, 1.807) is 20.8 Å². The van der Waals surface area contributed by atoms with E-state index in [-0.39, 0.29) is 31.2 Å². The Balaban J connectivity index is 2.25. The van der Waals surface area contributed by atoms with E-state index in [1.165, 1.54) is 0 Å². The van der Waals surface area contributed by atoms with Crippen molar-refractivity contribution < 1.29 is 28.8 Å². The van der Waals surface area contributed by atoms with Crippen LogP contribution in [0.5, 0.6) is 0 Å². The minimum Gasteiger partial charge on any atom is -0.442 e. The first kappa shape index (κ1) is 16.1. The monoisotopic (exact) mass is 286 g/mol. The third-order valence-electron chi connectivity index (χ3n) is 2.28. The smallest absolute Gasteiger partial charge is 0.431 e. The van der Waals surface area contributed by atoms with E-state index in [9.17, 15) is 19.2 Å². The summed E-state index contributed by atoms with van der Waals surface area (Å²) in [5, 5.41) is 0. The van der Waals surface area contributed by atoms with Crippen molar-refractivity contribution in [2.75, 3.05) is 13.2 Å². The van der Waals surface area contributed by atoms with E-state index in [1.807, 2.05) is 5.48 Å². The van der Waals surface area contributed by atoms with Crippen molar-refractivity contribution in [3.63, 3.8) is 0 Å². The van der Waals surface area contributed by atoms with Gasteiger partial charge in [0.1, 0.15) is 12.2 Å². The molecule has 0 unspecified atom stereocenters. The number of hydroxylamine groups is 1. The molecule has 0 saturated carbocycles. The second-order valence-corrected chi connectivity index (χ2v) is 5.30. The van der Waals surface area contributed by atoms with E-state index >= 15 is 0 Å². The van der Waals surface area contributed by atoms with Crippen molar-refractivity contribution in [1.82, 2.24) is 10.4 Å². The minimum absolute atomic E-state index is 0.128. The molecule has 0 aromatic rings. The zero-order chi connectivity index (χ0) is 15.3. The van der Waals surface area contributed by atoms with Gasteiger partial charge in [-0.3, -0.25) is 24.1 Å². The third-order valence-corrected chi connectivity index (χ3v) is 2.28. The Bertz CT molecular complexity index is 410. The van der Waals surface area contributed by atoms with E-state index < -0.39 is 24.1 Å². The molecule has 0 aliphatic carbocycles. The van der Waals surface area contributed by atoms with Crippen molar-refractivity contribution in [3.8, 4) is 0 Å². The molecule has 1 aliphatic heterocycles. The number of ether oxygens (including phenoxy) is 1. The number of hydrogen-bond donors (Lipinski definition) is 1. The predicted molar refractivity (Wildman–Crippen MR) is 66.3 cm³/mol. The number of rotatable bonds is 5. The highest BCUT2D eigenvalue weighted by Crippen LogP contribution is 2.11. The molecule has 1 fully saturated rings. The summed E-state index contributed by atoms with van der Waals surface area (Å²) in [4.78, 5) is 50.8. The number of ketones is 1. The van der Waals surface area contributed by atoms with Crippen LogP contribution >= 0.6 is 0 Å². The van der Waals surface area contributed by atoms with Crippen LogP contribution in [0.25, 0.3) is 0 Å². The van der Waals surface area contributed by atoms with Gasteiger partial charge in [0, 0.05) is 12.8 Å². The van der Waals surface area contributed by atoms with Crippen LogP contribution in [0.1, 0.15) is 33.6 Å². The lowest BCUT2D eigenvalue weighted by Crippen LogP contribution is -2.38. The molecule has 0 aromatic heterocycles. The van der Waals surface area contributed by atoms with E-state index in [0.29, 0.717) is 0 Å². The summed E-state index contributed by atoms with van der Waals surface area (Å²) in [6.07, 6.45) is -0.565. The van der Waals surface area contributed by atoms with E-state index in [4.69, 9.17) is 4.74 Å². The van der Waals surface area contributed by atoms with Crippen LogP contribution in [0, 0.1) is 0 Å². The lowest BCUT2D eigenvalue weighted by atomic mass is 10.2. The summed E-state index contributed by atoms with van der Waals surface area (Å²) in [6.45, 7) is 4.26. The van der Waals surface area contributed by atoms with Crippen LogP contribution in [0.2, 0.25) is 0 Å². The lowest BCUT2D eigenvalue weighted by Gasteiger charge is -2.19. The maximum Gasteiger partial charge on any atom is 0.431 e. The highest BCUT2D eigenvalue weighted by molar-refractivity contribution is 6.04. The van der Waals surface area contributed by atoms with Crippen LogP contribution in [0.3, 0.4) is 0 Å². The molecular formula is C12H18N2O6. The van der Waals surface area contributed by atoms with Gasteiger partial charge in [-0.25, -0.2) is 4.79 Å². The number of hydrogen-bond acceptors (Lipinski definition) is 6. The minimum atomic E-state index is -0.821. The summed E-state index contributed by atoms with van der Waals surface area (Å²) < 4.78 is 4.88. The third kappa shape index (κ3) is 5.35. The number of amides is 3. The first-order chi connectivity index (χ1) is 9.19. The van der Waals surface area contributed by atoms with Crippen LogP contribution in [0.4, 0.5) is 4.79 Å². The quantitative estimate of drug-likeness (QED) is 0.570. The molecule has 0 radical (unpaired) electrons. The zero-order valence-corrected chi connectivity index (χ0v) is 11.7. The molecule has 8 nitrogen and oxygen atoms in total. The Labute approximate surface area is 116 Å². The maximum absolute atomic E-state index is 11.5. The van der Waals surface area contributed by atoms with E-state index in [0.717, 1.165) is 4.90 Å². The van der Waals surface area contributed by atoms with Crippen LogP contribution < -0.4 is 5.48 Å². The second-order valence-electron chi connectivity index (χ2n) is 5.30. The number of carbonyl (C=O) groups is 4. The summed E-state index contributed by atoms with van der Waals surface area (Å²) in [7, 11) is 0. The molecule has 1 saturated heterocycles. The average molecular weight is 286 g/mol. The first-order valence-corrected chi connectivity index (χ1v) is 6.15. The Kier molecular flexibility index (Phi) is 5.20. The number of imide groups is 1. The number of likely N-dealkylation sites (tertiary alicyclic amines) is 1. The molecule has 8 heteroatoms. The lowest BCUT2D eigenvalue weighted by molar-refractivity contribution is -0.143. The number of carbonyl (C=O) groups excluding carboxylic acids is 4. The first-order valence-electron chi connectivity index (χ1n) is 6.15. The van der Waals surface area contributed by atoms with Crippen LogP contribution in [-0.4, -0.2) is 47.3 Å². The molecular weight excluding hydrogens is 268 g/mol. The molecule has 1 heterocycles. The van der Waals surface area contributed by atoms with Gasteiger partial charge < -0.3 is 4.74 Å². The molecule has 1 rings (SSSR count). The van der Waals surface area contributed by atoms with E-state index in [2.05, 4.69) is 4.84 Å². The predicted octanol–water partition coefficient (Wildman–Crippen LogP) is 0.161. The van der Waals surface area contributed by atoms with Gasteiger partial charge in [0.25, 0.3) is 0 Å². The molecule has 3 amide bonds. The summed E-state index contributed by atoms with van der Waals surface area (Å²) in [5.74, 6) is -1.24. The maximum atomic E-state index is 11.5. The summed E-state index contributed by atoms with van der Waals surface area (Å²) in [5.41, 5.74) is 1.27. The summed E-state index contributed by atoms with van der Waals surface area (Å²) in [6, 6.07) is 0. The SMILES string of the molecule is CC(C)(C)OC(=O)NOCC(=O)CN1C(=O)CCC1=O. The Morgan fingerprint density at radius 2 is 1.75 bits per heavy atom. The van der Waals surface area contributed by atoms with Crippen molar-refractivity contribution in [3.05, 3.63) is 0 Å². The van der Waals surface area contributed by atoms with Gasteiger partial charge >= 0.3 is 6.09 Å². The number of nitrogens with zero attached hydrogens (tertiary/aromatic N) is 1. The molecule has 0 bridgehead atoms. The Hall–Kier alpha value is -1.96. The highest BCUT2D eigenvalue weighted by Gasteiger charge is 2.30. The van der Waals surface area contributed by atoms with Crippen LogP contribution in [0.15, 0.2) is 0 Å². The molecule has 20 heavy (non-hydrogen) atoms. The zero-order valence-electron chi connectivity index (χ0n) is 11.7. The van der Waals surface area contributed by atoms with Gasteiger partial charge in [0.2, 0.25) is 11.8 Å². The van der Waals surface area contributed by atoms with Crippen molar-refractivity contribution in [1.29, 1.82) is 0 Å². The Morgan fingerprint density at radius 1 is 1.20 bits per heavy atom. The Morgan fingerprint density at radius 3 is 2.25 bits per heavy atom. The molecule has 112 valence electrons. The van der Waals surface area contributed by atoms with Gasteiger partial charge in [-0.1, -0.05) is 0 Å². The number of Topliss-reactive ketones (excluding diaryl/α,β-unsaturated/α-hetero) is 1. The van der Waals surface area contributed by atoms with Crippen LogP contribution in [-0.2, 0) is 24.0 Å². The average Bonchev–Trinajstić information content (AvgIpc) is 2.58. The fraction of sp³-hybridized carbons (Fsp3) is 0.667.